The predicted molar refractivity (Wildman–Crippen MR) is 75.9 cm³/mol. The van der Waals surface area contributed by atoms with E-state index < -0.39 is 0 Å². The van der Waals surface area contributed by atoms with Crippen molar-refractivity contribution in [1.29, 1.82) is 0 Å². The number of H-pyrrole nitrogens is 1. The lowest BCUT2D eigenvalue weighted by Gasteiger charge is -2.07. The fraction of sp³-hybridized carbons (Fsp3) is 0.0667. The molecule has 0 saturated carbocycles. The van der Waals surface area contributed by atoms with Gasteiger partial charge in [0.1, 0.15) is 5.69 Å². The Morgan fingerprint density at radius 1 is 1.14 bits per heavy atom. The van der Waals surface area contributed by atoms with Crippen LogP contribution in [-0.4, -0.2) is 32.8 Å². The zero-order valence-electron chi connectivity index (χ0n) is 11.1. The summed E-state index contributed by atoms with van der Waals surface area (Å²) in [5.41, 5.74) is 1.89. The molecule has 0 aliphatic heterocycles. The topological polar surface area (TPSA) is 80.8 Å². The van der Waals surface area contributed by atoms with Gasteiger partial charge >= 0.3 is 0 Å². The molecule has 1 N–H and O–H groups in total. The van der Waals surface area contributed by atoms with Gasteiger partial charge in [0, 0.05) is 23.4 Å². The third kappa shape index (κ3) is 2.94. The number of aromatic amines is 1. The van der Waals surface area contributed by atoms with Crippen molar-refractivity contribution in [2.75, 3.05) is 6.61 Å². The summed E-state index contributed by atoms with van der Waals surface area (Å²) in [6, 6.07) is 12.5. The molecule has 0 radical (unpaired) electrons. The van der Waals surface area contributed by atoms with Crippen LogP contribution in [0.2, 0.25) is 0 Å². The Morgan fingerprint density at radius 3 is 2.76 bits per heavy atom. The quantitative estimate of drug-likeness (QED) is 0.724. The fourth-order valence-corrected chi connectivity index (χ4v) is 1.93. The Kier molecular flexibility index (Phi) is 3.68. The van der Waals surface area contributed by atoms with E-state index in [0.717, 1.165) is 5.56 Å². The number of ketones is 1. The number of nitrogens with zero attached hydrogens (tertiary/aromatic N) is 3. The normalized spacial score (nSPS) is 10.3. The van der Waals surface area contributed by atoms with Crippen molar-refractivity contribution in [3.8, 4) is 17.1 Å². The van der Waals surface area contributed by atoms with Gasteiger partial charge in [0.15, 0.2) is 6.61 Å². The molecule has 0 atom stereocenters. The Balaban J connectivity index is 1.79. The van der Waals surface area contributed by atoms with Crippen LogP contribution in [-0.2, 0) is 0 Å². The lowest BCUT2D eigenvalue weighted by atomic mass is 10.0. The van der Waals surface area contributed by atoms with Gasteiger partial charge in [-0.3, -0.25) is 9.89 Å². The molecule has 0 amide bonds. The summed E-state index contributed by atoms with van der Waals surface area (Å²) in [5, 5.41) is 10.2. The van der Waals surface area contributed by atoms with Gasteiger partial charge in [0.25, 0.3) is 0 Å². The van der Waals surface area contributed by atoms with Crippen molar-refractivity contribution in [3.05, 3.63) is 60.4 Å². The molecular formula is C15H12N4O2. The predicted octanol–water partition coefficient (Wildman–Crippen LogP) is 2.13. The van der Waals surface area contributed by atoms with Crippen molar-refractivity contribution >= 4 is 5.78 Å². The number of aromatic nitrogens is 4. The number of benzene rings is 1. The summed E-state index contributed by atoms with van der Waals surface area (Å²) < 4.78 is 5.39. The minimum Gasteiger partial charge on any atom is -0.469 e. The van der Waals surface area contributed by atoms with Crippen LogP contribution in [0.4, 0.5) is 0 Å². The molecular weight excluding hydrogens is 268 g/mol. The highest BCUT2D eigenvalue weighted by atomic mass is 16.5. The van der Waals surface area contributed by atoms with Crippen LogP contribution in [0.1, 0.15) is 10.4 Å². The molecule has 2 heterocycles. The van der Waals surface area contributed by atoms with E-state index in [9.17, 15) is 4.79 Å². The van der Waals surface area contributed by atoms with Crippen LogP contribution in [0.25, 0.3) is 11.3 Å². The zero-order valence-corrected chi connectivity index (χ0v) is 11.1. The average Bonchev–Trinajstić information content (AvgIpc) is 3.08. The van der Waals surface area contributed by atoms with Crippen molar-refractivity contribution < 1.29 is 9.53 Å². The van der Waals surface area contributed by atoms with Crippen LogP contribution in [0.3, 0.4) is 0 Å². The monoisotopic (exact) mass is 280 g/mol. The van der Waals surface area contributed by atoms with Crippen LogP contribution in [0.15, 0.2) is 54.9 Å². The Hall–Kier alpha value is -3.02. The standard InChI is InChI=1S/C15H12N4O2/c20-14(10-21-15-7-3-4-8-16-15)12-6-2-1-5-11(12)13-9-17-19-18-13/h1-9H,10H2,(H,17,18,19). The first-order valence-electron chi connectivity index (χ1n) is 6.37. The zero-order chi connectivity index (χ0) is 14.5. The van der Waals surface area contributed by atoms with Gasteiger partial charge in [0.05, 0.1) is 6.20 Å². The molecule has 1 aromatic carbocycles. The van der Waals surface area contributed by atoms with Crippen molar-refractivity contribution in [1.82, 2.24) is 20.4 Å². The molecule has 6 heteroatoms. The maximum Gasteiger partial charge on any atom is 0.213 e. The molecule has 0 aliphatic carbocycles. The molecule has 0 bridgehead atoms. The highest BCUT2D eigenvalue weighted by Crippen LogP contribution is 2.21. The maximum atomic E-state index is 12.3. The van der Waals surface area contributed by atoms with Crippen LogP contribution < -0.4 is 4.74 Å². The molecule has 0 saturated heterocycles. The molecule has 21 heavy (non-hydrogen) atoms. The minimum absolute atomic E-state index is 0.0775. The number of Topliss-reactive ketones (excluding diaryl/α,β-unsaturated/α-hetero) is 1. The number of pyridine rings is 1. The summed E-state index contributed by atoms with van der Waals surface area (Å²) in [4.78, 5) is 16.3. The Bertz CT molecular complexity index is 726. The number of carbonyl (C=O) groups is 1. The van der Waals surface area contributed by atoms with Gasteiger partial charge in [-0.15, -0.1) is 5.10 Å². The molecule has 0 unspecified atom stereocenters. The SMILES string of the molecule is O=C(COc1ccccn1)c1ccccc1-c1c[nH]nn1. The number of rotatable bonds is 5. The molecule has 0 aliphatic rings. The largest absolute Gasteiger partial charge is 0.469 e. The lowest BCUT2D eigenvalue weighted by Crippen LogP contribution is -2.13. The minimum atomic E-state index is -0.140. The lowest BCUT2D eigenvalue weighted by molar-refractivity contribution is 0.0918. The highest BCUT2D eigenvalue weighted by molar-refractivity contribution is 6.02. The smallest absolute Gasteiger partial charge is 0.213 e. The van der Waals surface area contributed by atoms with Gasteiger partial charge in [-0.1, -0.05) is 35.5 Å². The second-order valence-electron chi connectivity index (χ2n) is 4.28. The van der Waals surface area contributed by atoms with Crippen LogP contribution >= 0.6 is 0 Å². The van der Waals surface area contributed by atoms with Gasteiger partial charge in [-0.05, 0) is 6.07 Å². The van der Waals surface area contributed by atoms with E-state index in [2.05, 4.69) is 20.4 Å². The summed E-state index contributed by atoms with van der Waals surface area (Å²) >= 11 is 0. The summed E-state index contributed by atoms with van der Waals surface area (Å²) in [7, 11) is 0. The van der Waals surface area contributed by atoms with E-state index in [0.29, 0.717) is 17.1 Å². The highest BCUT2D eigenvalue weighted by Gasteiger charge is 2.14. The van der Waals surface area contributed by atoms with Gasteiger partial charge in [-0.2, -0.15) is 0 Å². The molecule has 3 aromatic rings. The first kappa shape index (κ1) is 13.0. The first-order chi connectivity index (χ1) is 10.3. The van der Waals surface area contributed by atoms with E-state index in [1.54, 1.807) is 42.7 Å². The average molecular weight is 280 g/mol. The molecule has 2 aromatic heterocycles. The molecule has 104 valence electrons. The van der Waals surface area contributed by atoms with E-state index in [4.69, 9.17) is 4.74 Å². The summed E-state index contributed by atoms with van der Waals surface area (Å²) in [6.07, 6.45) is 3.26. The molecule has 0 fully saturated rings. The molecule has 0 spiro atoms. The third-order valence-electron chi connectivity index (χ3n) is 2.91. The second kappa shape index (κ2) is 5.96. The third-order valence-corrected chi connectivity index (χ3v) is 2.91. The fourth-order valence-electron chi connectivity index (χ4n) is 1.93. The number of hydrogen-bond acceptors (Lipinski definition) is 5. The summed E-state index contributed by atoms with van der Waals surface area (Å²) in [6.45, 7) is -0.0775. The maximum absolute atomic E-state index is 12.3. The number of ether oxygens (including phenoxy) is 1. The Morgan fingerprint density at radius 2 is 2.00 bits per heavy atom. The van der Waals surface area contributed by atoms with E-state index >= 15 is 0 Å². The summed E-state index contributed by atoms with van der Waals surface area (Å²) in [5.74, 6) is 0.282. The Labute approximate surface area is 120 Å². The number of carbonyl (C=O) groups excluding carboxylic acids is 1. The second-order valence-corrected chi connectivity index (χ2v) is 4.28. The van der Waals surface area contributed by atoms with Crippen molar-refractivity contribution in [2.24, 2.45) is 0 Å². The van der Waals surface area contributed by atoms with E-state index in [1.807, 2.05) is 12.1 Å². The number of hydrogen-bond donors (Lipinski definition) is 1. The number of nitrogens with one attached hydrogen (secondary N) is 1. The van der Waals surface area contributed by atoms with Crippen LogP contribution in [0, 0.1) is 0 Å². The van der Waals surface area contributed by atoms with Gasteiger partial charge < -0.3 is 4.74 Å². The molecule has 6 nitrogen and oxygen atoms in total. The molecule has 3 rings (SSSR count). The van der Waals surface area contributed by atoms with Crippen molar-refractivity contribution in [3.63, 3.8) is 0 Å². The van der Waals surface area contributed by atoms with Crippen molar-refractivity contribution in [2.45, 2.75) is 0 Å². The van der Waals surface area contributed by atoms with E-state index in [-0.39, 0.29) is 12.4 Å². The van der Waals surface area contributed by atoms with Gasteiger partial charge in [-0.25, -0.2) is 4.98 Å². The van der Waals surface area contributed by atoms with E-state index in [1.165, 1.54) is 0 Å². The van der Waals surface area contributed by atoms with Gasteiger partial charge in [0.2, 0.25) is 11.7 Å². The van der Waals surface area contributed by atoms with Crippen LogP contribution in [0.5, 0.6) is 5.88 Å². The first-order valence-corrected chi connectivity index (χ1v) is 6.37.